The van der Waals surface area contributed by atoms with Crippen molar-refractivity contribution in [2.24, 2.45) is 17.8 Å². The lowest BCUT2D eigenvalue weighted by Crippen LogP contribution is -2.42. The van der Waals surface area contributed by atoms with Crippen LogP contribution >= 0.6 is 0 Å². The molecule has 5 nitrogen and oxygen atoms in total. The second-order valence-electron chi connectivity index (χ2n) is 8.24. The molecule has 2 aliphatic carbocycles. The topological polar surface area (TPSA) is 72.5 Å². The van der Waals surface area contributed by atoms with Crippen LogP contribution in [-0.4, -0.2) is 23.8 Å². The molecule has 4 unspecified atom stereocenters. The first-order valence-corrected chi connectivity index (χ1v) is 10.6. The predicted molar refractivity (Wildman–Crippen MR) is 106 cm³/mol. The number of ether oxygens (including phenoxy) is 1. The Morgan fingerprint density at radius 2 is 1.79 bits per heavy atom. The number of esters is 1. The van der Waals surface area contributed by atoms with Crippen LogP contribution in [0.5, 0.6) is 0 Å². The van der Waals surface area contributed by atoms with Gasteiger partial charge in [-0.25, -0.2) is 0 Å². The van der Waals surface area contributed by atoms with Gasteiger partial charge in [0.15, 0.2) is 6.10 Å². The lowest BCUT2D eigenvalue weighted by atomic mass is 9.67. The Labute approximate surface area is 167 Å². The molecule has 0 aromatic heterocycles. The van der Waals surface area contributed by atoms with Crippen molar-refractivity contribution in [1.29, 1.82) is 0 Å². The normalized spacial score (nSPS) is 26.2. The zero-order chi connectivity index (χ0) is 20.1. The van der Waals surface area contributed by atoms with Gasteiger partial charge in [-0.3, -0.25) is 14.4 Å². The summed E-state index contributed by atoms with van der Waals surface area (Å²) in [5, 5.41) is 3.02. The summed E-state index contributed by atoms with van der Waals surface area (Å²) in [7, 11) is 0. The van der Waals surface area contributed by atoms with Crippen molar-refractivity contribution in [3.05, 3.63) is 35.9 Å². The molecule has 2 fully saturated rings. The molecule has 3 rings (SSSR count). The van der Waals surface area contributed by atoms with E-state index in [1.807, 2.05) is 30.3 Å². The first-order valence-electron chi connectivity index (χ1n) is 10.6. The summed E-state index contributed by atoms with van der Waals surface area (Å²) >= 11 is 0. The summed E-state index contributed by atoms with van der Waals surface area (Å²) in [5.41, 5.74) is 1.05. The molecule has 0 heterocycles. The number of ketones is 1. The molecule has 28 heavy (non-hydrogen) atoms. The quantitative estimate of drug-likeness (QED) is 0.721. The number of Topliss-reactive ketones (excluding diaryl/α,β-unsaturated/α-hetero) is 1. The van der Waals surface area contributed by atoms with Crippen LogP contribution in [0.25, 0.3) is 0 Å². The number of carbonyl (C=O) groups excluding carboxylic acids is 3. The largest absolute Gasteiger partial charge is 0.452 e. The van der Waals surface area contributed by atoms with E-state index in [0.717, 1.165) is 37.7 Å². The van der Waals surface area contributed by atoms with Crippen LogP contribution in [0.2, 0.25) is 0 Å². The number of fused-ring (bicyclic) bond motifs is 2. The van der Waals surface area contributed by atoms with Gasteiger partial charge in [0.1, 0.15) is 5.78 Å². The molecule has 0 radical (unpaired) electrons. The number of carbonyl (C=O) groups is 3. The van der Waals surface area contributed by atoms with Gasteiger partial charge in [-0.1, -0.05) is 50.1 Å². The highest BCUT2D eigenvalue weighted by molar-refractivity contribution is 5.88. The average molecular weight is 386 g/mol. The molecule has 4 atom stereocenters. The molecule has 2 aliphatic rings. The second-order valence-corrected chi connectivity index (χ2v) is 8.24. The van der Waals surface area contributed by atoms with Crippen molar-refractivity contribution in [2.75, 3.05) is 0 Å². The van der Waals surface area contributed by atoms with E-state index in [2.05, 4.69) is 12.2 Å². The zero-order valence-electron chi connectivity index (χ0n) is 16.9. The fourth-order valence-electron chi connectivity index (χ4n) is 4.58. The van der Waals surface area contributed by atoms with E-state index in [9.17, 15) is 14.4 Å². The summed E-state index contributed by atoms with van der Waals surface area (Å²) in [5.74, 6) is -0.542. The minimum absolute atomic E-state index is 0.00111. The molecule has 2 bridgehead atoms. The molecule has 1 aromatic rings. The maximum atomic E-state index is 12.6. The van der Waals surface area contributed by atoms with Crippen LogP contribution in [0, 0.1) is 17.8 Å². The van der Waals surface area contributed by atoms with Gasteiger partial charge in [0.05, 0.1) is 12.0 Å². The molecule has 0 spiro atoms. The van der Waals surface area contributed by atoms with Gasteiger partial charge in [-0.05, 0) is 44.6 Å². The number of benzene rings is 1. The van der Waals surface area contributed by atoms with Gasteiger partial charge in [0.25, 0.3) is 5.91 Å². The lowest BCUT2D eigenvalue weighted by Gasteiger charge is -2.36. The Kier molecular flexibility index (Phi) is 6.87. The summed E-state index contributed by atoms with van der Waals surface area (Å²) < 4.78 is 5.50. The number of hydrogen-bond acceptors (Lipinski definition) is 4. The van der Waals surface area contributed by atoms with Crippen LogP contribution in [0.3, 0.4) is 0 Å². The van der Waals surface area contributed by atoms with Crippen molar-refractivity contribution in [1.82, 2.24) is 5.32 Å². The predicted octanol–water partition coefficient (Wildman–Crippen LogP) is 3.97. The molecule has 1 aromatic carbocycles. The Bertz CT molecular complexity index is 686. The summed E-state index contributed by atoms with van der Waals surface area (Å²) in [6, 6.07) is 9.75. The monoisotopic (exact) mass is 385 g/mol. The van der Waals surface area contributed by atoms with Crippen molar-refractivity contribution >= 4 is 17.7 Å². The number of nitrogens with one attached hydrogen (secondary N) is 1. The summed E-state index contributed by atoms with van der Waals surface area (Å²) in [6.45, 7) is 3.70. The smallest absolute Gasteiger partial charge is 0.309 e. The molecule has 5 heteroatoms. The van der Waals surface area contributed by atoms with E-state index in [4.69, 9.17) is 4.74 Å². The van der Waals surface area contributed by atoms with Gasteiger partial charge in [0.2, 0.25) is 0 Å². The Balaban J connectivity index is 1.56. The van der Waals surface area contributed by atoms with Crippen LogP contribution in [-0.2, 0) is 19.1 Å². The Hall–Kier alpha value is -2.17. The van der Waals surface area contributed by atoms with Gasteiger partial charge < -0.3 is 10.1 Å². The summed E-state index contributed by atoms with van der Waals surface area (Å²) in [4.78, 5) is 37.5. The van der Waals surface area contributed by atoms with Crippen LogP contribution in [0.15, 0.2) is 30.3 Å². The van der Waals surface area contributed by atoms with E-state index >= 15 is 0 Å². The highest BCUT2D eigenvalue weighted by Gasteiger charge is 2.42. The minimum Gasteiger partial charge on any atom is -0.452 e. The van der Waals surface area contributed by atoms with Gasteiger partial charge >= 0.3 is 5.97 Å². The fourth-order valence-corrected chi connectivity index (χ4v) is 4.58. The van der Waals surface area contributed by atoms with Gasteiger partial charge in [0, 0.05) is 11.8 Å². The van der Waals surface area contributed by atoms with Crippen molar-refractivity contribution < 1.29 is 19.1 Å². The highest BCUT2D eigenvalue weighted by Crippen LogP contribution is 2.40. The fraction of sp³-hybridized carbons (Fsp3) is 0.609. The minimum atomic E-state index is -0.840. The maximum absolute atomic E-state index is 12.6. The average Bonchev–Trinajstić information content (AvgIpc) is 2.68. The van der Waals surface area contributed by atoms with Crippen LogP contribution < -0.4 is 5.32 Å². The standard InChI is InChI=1S/C23H31NO4/c1-3-8-20(16-9-5-4-6-10-16)24-22(26)15(2)28-23(27)19-13-17-11-7-12-18(14-19)21(17)25/h4-6,9-10,15,17-20H,3,7-8,11-14H2,1-2H3,(H,24,26). The molecule has 0 saturated heterocycles. The SMILES string of the molecule is CCCC(NC(=O)C(C)OC(=O)C1CC2CCCC(C1)C2=O)c1ccccc1. The van der Waals surface area contributed by atoms with E-state index in [0.29, 0.717) is 18.6 Å². The molecule has 2 saturated carbocycles. The van der Waals surface area contributed by atoms with Gasteiger partial charge in [-0.2, -0.15) is 0 Å². The molecule has 0 aliphatic heterocycles. The van der Waals surface area contributed by atoms with Crippen molar-refractivity contribution in [2.45, 2.75) is 70.9 Å². The second kappa shape index (κ2) is 9.35. The number of hydrogen-bond donors (Lipinski definition) is 1. The molecular weight excluding hydrogens is 354 g/mol. The third kappa shape index (κ3) is 4.81. The molecule has 1 amide bonds. The summed E-state index contributed by atoms with van der Waals surface area (Å²) in [6.07, 6.45) is 4.90. The van der Waals surface area contributed by atoms with Gasteiger partial charge in [-0.15, -0.1) is 0 Å². The number of amides is 1. The highest BCUT2D eigenvalue weighted by atomic mass is 16.5. The lowest BCUT2D eigenvalue weighted by molar-refractivity contribution is -0.162. The first kappa shape index (κ1) is 20.6. The van der Waals surface area contributed by atoms with Crippen molar-refractivity contribution in [3.8, 4) is 0 Å². The first-order chi connectivity index (χ1) is 13.5. The van der Waals surface area contributed by atoms with E-state index in [1.54, 1.807) is 6.92 Å². The molecular formula is C23H31NO4. The van der Waals surface area contributed by atoms with Crippen LogP contribution in [0.1, 0.15) is 70.4 Å². The third-order valence-corrected chi connectivity index (χ3v) is 6.14. The number of rotatable bonds is 7. The van der Waals surface area contributed by atoms with Crippen molar-refractivity contribution in [3.63, 3.8) is 0 Å². The maximum Gasteiger partial charge on any atom is 0.309 e. The Morgan fingerprint density at radius 3 is 2.39 bits per heavy atom. The van der Waals surface area contributed by atoms with E-state index in [-0.39, 0.29) is 35.7 Å². The zero-order valence-corrected chi connectivity index (χ0v) is 16.9. The molecule has 152 valence electrons. The van der Waals surface area contributed by atoms with E-state index in [1.165, 1.54) is 0 Å². The van der Waals surface area contributed by atoms with E-state index < -0.39 is 6.10 Å². The third-order valence-electron chi connectivity index (χ3n) is 6.14. The Morgan fingerprint density at radius 1 is 1.14 bits per heavy atom. The molecule has 1 N–H and O–H groups in total. The van der Waals surface area contributed by atoms with Crippen LogP contribution in [0.4, 0.5) is 0 Å².